The van der Waals surface area contributed by atoms with Gasteiger partial charge in [-0.3, -0.25) is 4.31 Å². The molecule has 1 fully saturated rings. The Bertz CT molecular complexity index is 917. The van der Waals surface area contributed by atoms with Crippen LogP contribution in [0.4, 0.5) is 0 Å². The summed E-state index contributed by atoms with van der Waals surface area (Å²) in [5, 5.41) is 4.19. The molecule has 0 saturated carbocycles. The van der Waals surface area contributed by atoms with E-state index in [-0.39, 0.29) is 0 Å². The number of piperidine rings is 1. The predicted octanol–water partition coefficient (Wildman–Crippen LogP) is 4.57. The Morgan fingerprint density at radius 3 is 2.77 bits per heavy atom. The first-order valence-corrected chi connectivity index (χ1v) is 10.8. The normalized spacial score (nSPS) is 19.4. The number of allylic oxidation sites excluding steroid dienone is 3. The Labute approximate surface area is 185 Å². The number of benzene rings is 1. The minimum Gasteiger partial charge on any atom is -0.333 e. The number of aliphatic imine (C=N–C) groups is 1. The van der Waals surface area contributed by atoms with Gasteiger partial charge in [0.15, 0.2) is 5.82 Å². The third-order valence-electron chi connectivity index (χ3n) is 5.55. The van der Waals surface area contributed by atoms with Crippen molar-refractivity contribution in [1.82, 2.24) is 14.1 Å². The average Bonchev–Trinajstić information content (AvgIpc) is 3.45. The molecule has 1 aromatic heterocycles. The molecule has 2 heterocycles. The van der Waals surface area contributed by atoms with Crippen molar-refractivity contribution in [3.63, 3.8) is 0 Å². The van der Waals surface area contributed by atoms with E-state index in [1.54, 1.807) is 16.5 Å². The van der Waals surface area contributed by atoms with Gasteiger partial charge in [0.05, 0.1) is 0 Å². The third kappa shape index (κ3) is 5.59. The Kier molecular flexibility index (Phi) is 8.25. The number of aromatic nitrogens is 2. The molecule has 1 saturated heterocycles. The lowest BCUT2D eigenvalue weighted by Gasteiger charge is -2.23. The quantitative estimate of drug-likeness (QED) is 0.322. The summed E-state index contributed by atoms with van der Waals surface area (Å²) in [7, 11) is 1.50. The lowest BCUT2D eigenvalue weighted by molar-refractivity contribution is 0.437. The molecule has 1 aliphatic carbocycles. The van der Waals surface area contributed by atoms with Crippen molar-refractivity contribution in [3.05, 3.63) is 77.2 Å². The van der Waals surface area contributed by atoms with Crippen LogP contribution < -0.4 is 5.73 Å². The minimum atomic E-state index is 0.575. The van der Waals surface area contributed by atoms with Crippen LogP contribution >= 0.6 is 12.8 Å². The number of nitrogens with zero attached hydrogens (tertiary/aromatic N) is 4. The Balaban J connectivity index is 0.00000124. The van der Waals surface area contributed by atoms with Crippen molar-refractivity contribution in [2.45, 2.75) is 31.6 Å². The van der Waals surface area contributed by atoms with Crippen LogP contribution in [0.15, 0.2) is 65.5 Å². The number of fused-ring (bicyclic) bond motifs is 1. The number of thiol groups is 1. The topological polar surface area (TPSA) is 59.4 Å². The fourth-order valence-electron chi connectivity index (χ4n) is 4.03. The van der Waals surface area contributed by atoms with E-state index in [0.29, 0.717) is 11.7 Å². The maximum atomic E-state index is 4.50. The summed E-state index contributed by atoms with van der Waals surface area (Å²) in [5.74, 6) is 1.28. The smallest absolute Gasteiger partial charge is 0.152 e. The molecule has 5 nitrogen and oxygen atoms in total. The summed E-state index contributed by atoms with van der Waals surface area (Å²) in [6, 6.07) is 8.72. The van der Waals surface area contributed by atoms with Gasteiger partial charge in [-0.2, -0.15) is 5.10 Å². The first kappa shape index (κ1) is 22.3. The molecule has 2 N–H and O–H groups in total. The van der Waals surface area contributed by atoms with Gasteiger partial charge in [0.2, 0.25) is 0 Å². The molecule has 30 heavy (non-hydrogen) atoms. The third-order valence-corrected chi connectivity index (χ3v) is 5.95. The Hall–Kier alpha value is -2.41. The van der Waals surface area contributed by atoms with E-state index in [0.717, 1.165) is 32.4 Å². The number of hydrogen-bond donors (Lipinski definition) is 2. The lowest BCUT2D eigenvalue weighted by atomic mass is 9.94. The highest BCUT2D eigenvalue weighted by molar-refractivity contribution is 7.77. The molecule has 1 atom stereocenters. The van der Waals surface area contributed by atoms with E-state index >= 15 is 0 Å². The first-order valence-electron chi connectivity index (χ1n) is 10.4. The van der Waals surface area contributed by atoms with Gasteiger partial charge in [-0.25, -0.2) is 9.67 Å². The fourth-order valence-corrected chi connectivity index (χ4v) is 4.23. The molecular weight excluding hydrogens is 390 g/mol. The highest BCUT2D eigenvalue weighted by Gasteiger charge is 2.22. The monoisotopic (exact) mass is 421 g/mol. The summed E-state index contributed by atoms with van der Waals surface area (Å²) in [6.07, 6.45) is 16.8. The van der Waals surface area contributed by atoms with Crippen LogP contribution in [0.25, 0.3) is 11.9 Å². The summed E-state index contributed by atoms with van der Waals surface area (Å²) in [5.41, 5.74) is 10.3. The van der Waals surface area contributed by atoms with Crippen LogP contribution in [0.3, 0.4) is 0 Å². The molecule has 1 unspecified atom stereocenters. The van der Waals surface area contributed by atoms with E-state index in [2.05, 4.69) is 70.0 Å². The van der Waals surface area contributed by atoms with Crippen molar-refractivity contribution in [2.75, 3.05) is 20.1 Å². The van der Waals surface area contributed by atoms with Crippen LogP contribution in [0.5, 0.6) is 0 Å². The maximum absolute atomic E-state index is 4.50. The van der Waals surface area contributed by atoms with E-state index in [4.69, 9.17) is 0 Å². The molecule has 0 spiro atoms. The standard InChI is InChI=1S/C23H26N4S.CH5N/c1-24-23(27-13-3-12-25-27)5-2-4-18-6-9-22-20(16-18)7-8-21(22)17-19-10-14-26(28)15-11-19;1-2/h2-6,9,12-13,16-17,21,28H,1,7-8,10-11,14-15H2;2H2,1H3/b4-2-,23-5+;. The molecule has 0 radical (unpaired) electrons. The Morgan fingerprint density at radius 2 is 2.07 bits per heavy atom. The van der Waals surface area contributed by atoms with Crippen LogP contribution in [0.2, 0.25) is 0 Å². The zero-order valence-electron chi connectivity index (χ0n) is 17.6. The molecule has 6 heteroatoms. The zero-order valence-corrected chi connectivity index (χ0v) is 18.5. The summed E-state index contributed by atoms with van der Waals surface area (Å²) < 4.78 is 3.82. The first-order chi connectivity index (χ1) is 14.7. The second-order valence-electron chi connectivity index (χ2n) is 7.37. The van der Waals surface area contributed by atoms with Crippen molar-refractivity contribution >= 4 is 31.4 Å². The number of aryl methyl sites for hydroxylation is 1. The maximum Gasteiger partial charge on any atom is 0.152 e. The summed E-state index contributed by atoms with van der Waals surface area (Å²) in [6.45, 7) is 5.75. The molecule has 4 rings (SSSR count). The number of nitrogens with two attached hydrogens (primary N) is 1. The van der Waals surface area contributed by atoms with Gasteiger partial charge in [-0.15, -0.1) is 0 Å². The predicted molar refractivity (Wildman–Crippen MR) is 131 cm³/mol. The summed E-state index contributed by atoms with van der Waals surface area (Å²) >= 11 is 4.45. The minimum absolute atomic E-state index is 0.575. The second kappa shape index (κ2) is 11.1. The van der Waals surface area contributed by atoms with Gasteiger partial charge in [-0.05, 0) is 68.3 Å². The molecular formula is C24H31N5S. The number of hydrogen-bond acceptors (Lipinski definition) is 5. The van der Waals surface area contributed by atoms with E-state index in [1.807, 2.05) is 24.4 Å². The zero-order chi connectivity index (χ0) is 21.3. The molecule has 0 bridgehead atoms. The Morgan fingerprint density at radius 1 is 1.27 bits per heavy atom. The second-order valence-corrected chi connectivity index (χ2v) is 7.94. The molecule has 2 aromatic rings. The largest absolute Gasteiger partial charge is 0.333 e. The van der Waals surface area contributed by atoms with Crippen LogP contribution in [-0.4, -0.2) is 40.9 Å². The molecule has 1 aromatic carbocycles. The SMILES string of the molecule is C=N/C(=C\C=C/c1ccc2c(c1)CCC2C=C1CCN(S)CC1)n1cccn1.CN. The van der Waals surface area contributed by atoms with E-state index in [1.165, 1.54) is 30.2 Å². The highest BCUT2D eigenvalue weighted by atomic mass is 32.1. The van der Waals surface area contributed by atoms with E-state index in [9.17, 15) is 0 Å². The average molecular weight is 422 g/mol. The summed E-state index contributed by atoms with van der Waals surface area (Å²) in [4.78, 5) is 4.04. The van der Waals surface area contributed by atoms with Gasteiger partial charge < -0.3 is 5.73 Å². The van der Waals surface area contributed by atoms with Crippen molar-refractivity contribution in [2.24, 2.45) is 10.7 Å². The van der Waals surface area contributed by atoms with Crippen LogP contribution in [0.1, 0.15) is 41.9 Å². The van der Waals surface area contributed by atoms with Gasteiger partial charge in [0.1, 0.15) is 0 Å². The van der Waals surface area contributed by atoms with Gasteiger partial charge in [-0.1, -0.05) is 54.8 Å². The molecule has 1 aliphatic heterocycles. The van der Waals surface area contributed by atoms with Gasteiger partial charge in [0.25, 0.3) is 0 Å². The van der Waals surface area contributed by atoms with Crippen molar-refractivity contribution in [1.29, 1.82) is 0 Å². The van der Waals surface area contributed by atoms with Gasteiger partial charge in [0, 0.05) is 31.4 Å². The van der Waals surface area contributed by atoms with Crippen molar-refractivity contribution in [3.8, 4) is 0 Å². The number of rotatable bonds is 5. The molecule has 0 amide bonds. The molecule has 2 aliphatic rings. The molecule has 158 valence electrons. The fraction of sp³-hybridized carbons (Fsp3) is 0.333. The highest BCUT2D eigenvalue weighted by Crippen LogP contribution is 2.36. The van der Waals surface area contributed by atoms with E-state index < -0.39 is 0 Å². The van der Waals surface area contributed by atoms with Gasteiger partial charge >= 0.3 is 0 Å². The van der Waals surface area contributed by atoms with Crippen LogP contribution in [-0.2, 0) is 6.42 Å². The van der Waals surface area contributed by atoms with Crippen molar-refractivity contribution < 1.29 is 0 Å². The van der Waals surface area contributed by atoms with Crippen LogP contribution in [0, 0.1) is 0 Å². The lowest BCUT2D eigenvalue weighted by Crippen LogP contribution is -2.21.